The lowest BCUT2D eigenvalue weighted by molar-refractivity contribution is 0.0955. The van der Waals surface area contributed by atoms with Crippen LogP contribution in [0.25, 0.3) is 0 Å². The number of carbonyl (C=O) groups is 1. The predicted molar refractivity (Wildman–Crippen MR) is 109 cm³/mol. The smallest absolute Gasteiger partial charge is 0.271 e. The molecule has 0 spiro atoms. The van der Waals surface area contributed by atoms with Crippen molar-refractivity contribution in [3.63, 3.8) is 0 Å². The van der Waals surface area contributed by atoms with E-state index in [1.54, 1.807) is 13.0 Å². The van der Waals surface area contributed by atoms with Crippen molar-refractivity contribution in [2.45, 2.75) is 13.8 Å². The molecule has 0 atom stereocenters. The molecule has 0 radical (unpaired) electrons. The van der Waals surface area contributed by atoms with Crippen LogP contribution >= 0.6 is 0 Å². The summed E-state index contributed by atoms with van der Waals surface area (Å²) in [5.41, 5.74) is 4.55. The second-order valence-electron chi connectivity index (χ2n) is 6.77. The standard InChI is InChI=1S/C21H25FN4O2/c1-3-25-10-12-26(13-11-25)20-9-6-17(14-19(20)22)15(2)23-24-21(28)16-4-7-18(27)8-5-16/h4-9,14,27H,3,10-13H2,1-2H3,(H,24,28)/b23-15-. The number of hydrogen-bond donors (Lipinski definition) is 2. The first-order valence-corrected chi connectivity index (χ1v) is 9.39. The Morgan fingerprint density at radius 2 is 1.75 bits per heavy atom. The van der Waals surface area contributed by atoms with Crippen LogP contribution in [0.15, 0.2) is 47.6 Å². The quantitative estimate of drug-likeness (QED) is 0.615. The van der Waals surface area contributed by atoms with Crippen molar-refractivity contribution in [2.24, 2.45) is 5.10 Å². The molecule has 148 valence electrons. The van der Waals surface area contributed by atoms with Crippen molar-refractivity contribution < 1.29 is 14.3 Å². The number of nitrogens with one attached hydrogen (secondary N) is 1. The molecule has 0 aromatic heterocycles. The average Bonchev–Trinajstić information content (AvgIpc) is 2.72. The summed E-state index contributed by atoms with van der Waals surface area (Å²) >= 11 is 0. The molecular weight excluding hydrogens is 359 g/mol. The Kier molecular flexibility index (Phi) is 6.26. The molecular formula is C21H25FN4O2. The molecule has 0 unspecified atom stereocenters. The first kappa shape index (κ1) is 19.8. The zero-order valence-corrected chi connectivity index (χ0v) is 16.2. The first-order chi connectivity index (χ1) is 13.5. The lowest BCUT2D eigenvalue weighted by Crippen LogP contribution is -2.46. The number of anilines is 1. The number of aromatic hydroxyl groups is 1. The number of rotatable bonds is 5. The third-order valence-electron chi connectivity index (χ3n) is 4.98. The van der Waals surface area contributed by atoms with Crippen molar-refractivity contribution in [1.29, 1.82) is 0 Å². The highest BCUT2D eigenvalue weighted by Gasteiger charge is 2.19. The van der Waals surface area contributed by atoms with E-state index in [1.165, 1.54) is 30.3 Å². The molecule has 0 aliphatic carbocycles. The first-order valence-electron chi connectivity index (χ1n) is 9.39. The predicted octanol–water partition coefficient (Wildman–Crippen LogP) is 2.83. The number of likely N-dealkylation sites (N-methyl/N-ethyl adjacent to an activating group) is 1. The van der Waals surface area contributed by atoms with Crippen LogP contribution in [-0.2, 0) is 0 Å². The van der Waals surface area contributed by atoms with Gasteiger partial charge in [-0.05, 0) is 49.9 Å². The van der Waals surface area contributed by atoms with Gasteiger partial charge in [0.25, 0.3) is 5.91 Å². The summed E-state index contributed by atoms with van der Waals surface area (Å²) in [6, 6.07) is 10.9. The number of piperazine rings is 1. The fourth-order valence-electron chi connectivity index (χ4n) is 3.17. The number of phenols is 1. The van der Waals surface area contributed by atoms with Crippen LogP contribution in [0.4, 0.5) is 10.1 Å². The van der Waals surface area contributed by atoms with Crippen LogP contribution < -0.4 is 10.3 Å². The second-order valence-corrected chi connectivity index (χ2v) is 6.77. The maximum Gasteiger partial charge on any atom is 0.271 e. The summed E-state index contributed by atoms with van der Waals surface area (Å²) in [6.45, 7) is 8.34. The second kappa shape index (κ2) is 8.84. The summed E-state index contributed by atoms with van der Waals surface area (Å²) in [7, 11) is 0. The Hall–Kier alpha value is -2.93. The van der Waals surface area contributed by atoms with Gasteiger partial charge in [0.2, 0.25) is 0 Å². The number of halogens is 1. The van der Waals surface area contributed by atoms with Crippen LogP contribution in [-0.4, -0.2) is 54.3 Å². The zero-order chi connectivity index (χ0) is 20.1. The van der Waals surface area contributed by atoms with Crippen molar-refractivity contribution >= 4 is 17.3 Å². The fourth-order valence-corrected chi connectivity index (χ4v) is 3.17. The maximum absolute atomic E-state index is 14.7. The van der Waals surface area contributed by atoms with E-state index >= 15 is 0 Å². The number of hydrazone groups is 1. The van der Waals surface area contributed by atoms with Gasteiger partial charge in [-0.1, -0.05) is 13.0 Å². The minimum Gasteiger partial charge on any atom is -0.508 e. The topological polar surface area (TPSA) is 68.2 Å². The van der Waals surface area contributed by atoms with E-state index in [1.807, 2.05) is 6.07 Å². The van der Waals surface area contributed by atoms with Crippen LogP contribution in [0.5, 0.6) is 5.75 Å². The van der Waals surface area contributed by atoms with Gasteiger partial charge in [0.1, 0.15) is 11.6 Å². The third-order valence-corrected chi connectivity index (χ3v) is 4.98. The van der Waals surface area contributed by atoms with Crippen LogP contribution in [0, 0.1) is 5.82 Å². The number of nitrogens with zero attached hydrogens (tertiary/aromatic N) is 3. The lowest BCUT2D eigenvalue weighted by atomic mass is 10.1. The molecule has 3 rings (SSSR count). The molecule has 1 aliphatic rings. The van der Waals surface area contributed by atoms with Gasteiger partial charge in [0, 0.05) is 37.3 Å². The molecule has 6 nitrogen and oxygen atoms in total. The Morgan fingerprint density at radius 3 is 2.36 bits per heavy atom. The Balaban J connectivity index is 1.66. The van der Waals surface area contributed by atoms with Gasteiger partial charge in [-0.15, -0.1) is 0 Å². The largest absolute Gasteiger partial charge is 0.508 e. The molecule has 2 aromatic rings. The Bertz CT molecular complexity index is 859. The van der Waals surface area contributed by atoms with E-state index in [4.69, 9.17) is 0 Å². The molecule has 1 heterocycles. The molecule has 7 heteroatoms. The summed E-state index contributed by atoms with van der Waals surface area (Å²) in [6.07, 6.45) is 0. The van der Waals surface area contributed by atoms with E-state index in [0.29, 0.717) is 22.5 Å². The van der Waals surface area contributed by atoms with Gasteiger partial charge in [0.15, 0.2) is 0 Å². The van der Waals surface area contributed by atoms with Crippen molar-refractivity contribution in [3.8, 4) is 5.75 Å². The van der Waals surface area contributed by atoms with Crippen LogP contribution in [0.1, 0.15) is 29.8 Å². The number of carbonyl (C=O) groups excluding carboxylic acids is 1. The minimum absolute atomic E-state index is 0.0860. The highest BCUT2D eigenvalue weighted by atomic mass is 19.1. The third kappa shape index (κ3) is 4.67. The number of benzene rings is 2. The van der Waals surface area contributed by atoms with Gasteiger partial charge >= 0.3 is 0 Å². The normalized spacial score (nSPS) is 15.5. The molecule has 1 saturated heterocycles. The molecule has 1 fully saturated rings. The molecule has 28 heavy (non-hydrogen) atoms. The molecule has 0 saturated carbocycles. The fraction of sp³-hybridized carbons (Fsp3) is 0.333. The number of amides is 1. The summed E-state index contributed by atoms with van der Waals surface area (Å²) in [5.74, 6) is -0.602. The highest BCUT2D eigenvalue weighted by molar-refractivity contribution is 6.01. The van der Waals surface area contributed by atoms with Crippen LogP contribution in [0.3, 0.4) is 0 Å². The average molecular weight is 384 g/mol. The molecule has 1 amide bonds. The van der Waals surface area contributed by atoms with Gasteiger partial charge in [-0.25, -0.2) is 9.82 Å². The zero-order valence-electron chi connectivity index (χ0n) is 16.2. The Labute approximate surface area is 164 Å². The van der Waals surface area contributed by atoms with Gasteiger partial charge < -0.3 is 14.9 Å². The molecule has 1 aliphatic heterocycles. The highest BCUT2D eigenvalue weighted by Crippen LogP contribution is 2.22. The van der Waals surface area contributed by atoms with Gasteiger partial charge in [-0.2, -0.15) is 5.10 Å². The summed E-state index contributed by atoms with van der Waals surface area (Å²) in [4.78, 5) is 16.5. The number of hydrogen-bond acceptors (Lipinski definition) is 5. The lowest BCUT2D eigenvalue weighted by Gasteiger charge is -2.35. The van der Waals surface area contributed by atoms with Gasteiger partial charge in [-0.3, -0.25) is 4.79 Å². The molecule has 0 bridgehead atoms. The van der Waals surface area contributed by atoms with E-state index in [2.05, 4.69) is 27.3 Å². The Morgan fingerprint density at radius 1 is 1.11 bits per heavy atom. The van der Waals surface area contributed by atoms with E-state index < -0.39 is 5.91 Å². The van der Waals surface area contributed by atoms with Crippen molar-refractivity contribution in [1.82, 2.24) is 10.3 Å². The van der Waals surface area contributed by atoms with Crippen LogP contribution in [0.2, 0.25) is 0 Å². The monoisotopic (exact) mass is 384 g/mol. The van der Waals surface area contributed by atoms with E-state index in [9.17, 15) is 14.3 Å². The molecule has 2 N–H and O–H groups in total. The van der Waals surface area contributed by atoms with Crippen molar-refractivity contribution in [2.75, 3.05) is 37.6 Å². The number of phenolic OH excluding ortho intramolecular Hbond substituents is 1. The SMILES string of the molecule is CCN1CCN(c2ccc(/C(C)=N\NC(=O)c3ccc(O)cc3)cc2F)CC1. The van der Waals surface area contributed by atoms with Crippen molar-refractivity contribution in [3.05, 3.63) is 59.4 Å². The summed E-state index contributed by atoms with van der Waals surface area (Å²) in [5, 5.41) is 13.3. The summed E-state index contributed by atoms with van der Waals surface area (Å²) < 4.78 is 14.7. The van der Waals surface area contributed by atoms with E-state index in [-0.39, 0.29) is 11.6 Å². The molecule has 2 aromatic carbocycles. The van der Waals surface area contributed by atoms with Gasteiger partial charge in [0.05, 0.1) is 11.4 Å². The minimum atomic E-state index is -0.398. The maximum atomic E-state index is 14.7. The van der Waals surface area contributed by atoms with E-state index in [0.717, 1.165) is 32.7 Å².